The molecule has 1 aliphatic heterocycles. The van der Waals surface area contributed by atoms with Crippen LogP contribution in [0.15, 0.2) is 54.7 Å². The number of fused-ring (bicyclic) bond motifs is 1. The Kier molecular flexibility index (Phi) is 4.65. The zero-order valence-electron chi connectivity index (χ0n) is 14.9. The average molecular weight is 361 g/mol. The Hall–Kier alpha value is -3.48. The fourth-order valence-corrected chi connectivity index (χ4v) is 3.15. The molecule has 0 saturated heterocycles. The van der Waals surface area contributed by atoms with E-state index in [0.717, 1.165) is 18.7 Å². The molecule has 1 N–H and O–H groups in total. The number of nitrogens with zero attached hydrogens (tertiary/aromatic N) is 4. The Morgan fingerprint density at radius 2 is 2.00 bits per heavy atom. The molecule has 27 heavy (non-hydrogen) atoms. The maximum atomic E-state index is 12.1. The molecule has 0 radical (unpaired) electrons. The molecule has 0 unspecified atom stereocenters. The number of benzene rings is 2. The van der Waals surface area contributed by atoms with Crippen LogP contribution in [0.4, 0.5) is 23.1 Å². The van der Waals surface area contributed by atoms with Crippen LogP contribution in [0.25, 0.3) is 0 Å². The molecule has 1 aromatic heterocycles. The number of carbonyl (C=O) groups excluding carboxylic acids is 1. The van der Waals surface area contributed by atoms with Crippen molar-refractivity contribution >= 4 is 29.1 Å². The normalized spacial score (nSPS) is 12.6. The van der Waals surface area contributed by atoms with Crippen LogP contribution in [0.3, 0.4) is 0 Å². The second-order valence-corrected chi connectivity index (χ2v) is 6.06. The van der Waals surface area contributed by atoms with Gasteiger partial charge in [0.05, 0.1) is 24.1 Å². The highest BCUT2D eigenvalue weighted by atomic mass is 16.5. The van der Waals surface area contributed by atoms with Crippen LogP contribution in [0, 0.1) is 0 Å². The van der Waals surface area contributed by atoms with Gasteiger partial charge in [-0.15, -0.1) is 5.10 Å². The van der Waals surface area contributed by atoms with Gasteiger partial charge in [-0.05, 0) is 37.1 Å². The molecule has 0 saturated carbocycles. The maximum absolute atomic E-state index is 12.1. The maximum Gasteiger partial charge on any atom is 0.340 e. The van der Waals surface area contributed by atoms with Gasteiger partial charge in [0.1, 0.15) is 0 Å². The summed E-state index contributed by atoms with van der Waals surface area (Å²) in [5.74, 6) is 0.651. The van der Waals surface area contributed by atoms with E-state index in [9.17, 15) is 4.79 Å². The van der Waals surface area contributed by atoms with E-state index in [1.54, 1.807) is 31.3 Å². The molecular weight excluding hydrogens is 342 g/mol. The number of para-hydroxylation sites is 2. The van der Waals surface area contributed by atoms with E-state index < -0.39 is 5.97 Å². The number of hydrogen-bond donors (Lipinski definition) is 1. The van der Waals surface area contributed by atoms with Crippen molar-refractivity contribution in [1.82, 2.24) is 15.2 Å². The molecular formula is C20H19N5O2. The topological polar surface area (TPSA) is 80.2 Å². The summed E-state index contributed by atoms with van der Waals surface area (Å²) in [7, 11) is 0. The van der Waals surface area contributed by atoms with Crippen molar-refractivity contribution < 1.29 is 9.53 Å². The first-order chi connectivity index (χ1) is 13.3. The summed E-state index contributed by atoms with van der Waals surface area (Å²) in [5, 5.41) is 11.2. The van der Waals surface area contributed by atoms with Gasteiger partial charge in [-0.3, -0.25) is 0 Å². The second-order valence-electron chi connectivity index (χ2n) is 6.06. The van der Waals surface area contributed by atoms with Crippen molar-refractivity contribution in [3.8, 4) is 0 Å². The zero-order chi connectivity index (χ0) is 18.6. The molecule has 7 nitrogen and oxygen atoms in total. The van der Waals surface area contributed by atoms with Crippen LogP contribution in [0.5, 0.6) is 0 Å². The van der Waals surface area contributed by atoms with Crippen molar-refractivity contribution in [3.05, 3.63) is 65.9 Å². The van der Waals surface area contributed by atoms with Crippen molar-refractivity contribution in [3.63, 3.8) is 0 Å². The highest BCUT2D eigenvalue weighted by Gasteiger charge is 2.21. The largest absolute Gasteiger partial charge is 0.462 e. The number of rotatable bonds is 5. The lowest BCUT2D eigenvalue weighted by Crippen LogP contribution is -2.16. The van der Waals surface area contributed by atoms with E-state index in [2.05, 4.69) is 37.5 Å². The summed E-state index contributed by atoms with van der Waals surface area (Å²) in [6.07, 6.45) is 2.61. The highest BCUT2D eigenvalue weighted by Crippen LogP contribution is 2.33. The Labute approximate surface area is 157 Å². The summed E-state index contributed by atoms with van der Waals surface area (Å²) >= 11 is 0. The summed E-state index contributed by atoms with van der Waals surface area (Å²) in [5.41, 5.74) is 3.44. The monoisotopic (exact) mass is 361 g/mol. The van der Waals surface area contributed by atoms with E-state index >= 15 is 0 Å². The summed E-state index contributed by atoms with van der Waals surface area (Å²) in [4.78, 5) is 18.8. The fourth-order valence-electron chi connectivity index (χ4n) is 3.15. The SMILES string of the molecule is CCOC(=O)c1ccccc1Nc1nncc(N2CCc3ccccc32)n1. The quantitative estimate of drug-likeness (QED) is 0.697. The van der Waals surface area contributed by atoms with E-state index in [0.29, 0.717) is 29.6 Å². The van der Waals surface area contributed by atoms with E-state index in [1.165, 1.54) is 5.56 Å². The zero-order valence-corrected chi connectivity index (χ0v) is 14.9. The number of ether oxygens (including phenoxy) is 1. The Balaban J connectivity index is 1.61. The molecule has 1 aliphatic rings. The van der Waals surface area contributed by atoms with E-state index in [1.807, 2.05) is 18.2 Å². The first-order valence-corrected chi connectivity index (χ1v) is 8.84. The van der Waals surface area contributed by atoms with E-state index in [4.69, 9.17) is 4.74 Å². The van der Waals surface area contributed by atoms with Crippen molar-refractivity contribution in [2.75, 3.05) is 23.4 Å². The lowest BCUT2D eigenvalue weighted by Gasteiger charge is -2.18. The van der Waals surface area contributed by atoms with Gasteiger partial charge in [-0.1, -0.05) is 30.3 Å². The molecule has 136 valence electrons. The second kappa shape index (κ2) is 7.41. The Morgan fingerprint density at radius 3 is 2.89 bits per heavy atom. The van der Waals surface area contributed by atoms with Crippen LogP contribution < -0.4 is 10.2 Å². The summed E-state index contributed by atoms with van der Waals surface area (Å²) in [6, 6.07) is 15.4. The molecule has 7 heteroatoms. The number of nitrogens with one attached hydrogen (secondary N) is 1. The minimum Gasteiger partial charge on any atom is -0.462 e. The lowest BCUT2D eigenvalue weighted by molar-refractivity contribution is 0.0527. The van der Waals surface area contributed by atoms with Crippen LogP contribution in [0.1, 0.15) is 22.8 Å². The Bertz CT molecular complexity index is 976. The van der Waals surface area contributed by atoms with Crippen LogP contribution in [-0.4, -0.2) is 34.3 Å². The predicted molar refractivity (Wildman–Crippen MR) is 103 cm³/mol. The molecule has 0 atom stereocenters. The highest BCUT2D eigenvalue weighted by molar-refractivity contribution is 5.96. The minimum absolute atomic E-state index is 0.315. The smallest absolute Gasteiger partial charge is 0.340 e. The van der Waals surface area contributed by atoms with E-state index in [-0.39, 0.29) is 0 Å². The Morgan fingerprint density at radius 1 is 1.19 bits per heavy atom. The van der Waals surface area contributed by atoms with Crippen LogP contribution in [-0.2, 0) is 11.2 Å². The van der Waals surface area contributed by atoms with Crippen molar-refractivity contribution in [2.24, 2.45) is 0 Å². The lowest BCUT2D eigenvalue weighted by atomic mass is 10.2. The number of esters is 1. The molecule has 0 bridgehead atoms. The first-order valence-electron chi connectivity index (χ1n) is 8.84. The van der Waals surface area contributed by atoms with Crippen LogP contribution in [0.2, 0.25) is 0 Å². The third kappa shape index (κ3) is 3.44. The molecule has 4 rings (SSSR count). The van der Waals surface area contributed by atoms with Crippen molar-refractivity contribution in [2.45, 2.75) is 13.3 Å². The van der Waals surface area contributed by atoms with Gasteiger partial charge in [0.15, 0.2) is 5.82 Å². The third-order valence-electron chi connectivity index (χ3n) is 4.38. The first kappa shape index (κ1) is 17.0. The summed E-state index contributed by atoms with van der Waals surface area (Å²) in [6.45, 7) is 2.93. The molecule has 0 fully saturated rings. The van der Waals surface area contributed by atoms with Gasteiger partial charge in [0.2, 0.25) is 5.95 Å². The minimum atomic E-state index is -0.391. The molecule has 0 amide bonds. The van der Waals surface area contributed by atoms with Gasteiger partial charge in [0, 0.05) is 12.2 Å². The standard InChI is InChI=1S/C20H19N5O2/c1-2-27-19(26)15-8-4-5-9-16(15)22-20-23-18(13-21-24-20)25-12-11-14-7-3-6-10-17(14)25/h3-10,13H,2,11-12H2,1H3,(H,22,23,24). The molecule has 0 aliphatic carbocycles. The van der Waals surface area contributed by atoms with Gasteiger partial charge >= 0.3 is 5.97 Å². The summed E-state index contributed by atoms with van der Waals surface area (Å²) < 4.78 is 5.11. The number of carbonyl (C=O) groups is 1. The number of hydrogen-bond acceptors (Lipinski definition) is 7. The molecule has 0 spiro atoms. The molecule has 2 heterocycles. The van der Waals surface area contributed by atoms with Gasteiger partial charge in [0.25, 0.3) is 0 Å². The molecule has 2 aromatic carbocycles. The molecule has 3 aromatic rings. The fraction of sp³-hybridized carbons (Fsp3) is 0.200. The van der Waals surface area contributed by atoms with Gasteiger partial charge < -0.3 is 15.0 Å². The average Bonchev–Trinajstić information content (AvgIpc) is 3.13. The number of anilines is 4. The van der Waals surface area contributed by atoms with Crippen LogP contribution >= 0.6 is 0 Å². The predicted octanol–water partition coefficient (Wildman–Crippen LogP) is 3.49. The van der Waals surface area contributed by atoms with Crippen molar-refractivity contribution in [1.29, 1.82) is 0 Å². The van der Waals surface area contributed by atoms with Gasteiger partial charge in [-0.2, -0.15) is 10.1 Å². The number of aromatic nitrogens is 3. The van der Waals surface area contributed by atoms with Gasteiger partial charge in [-0.25, -0.2) is 4.79 Å². The third-order valence-corrected chi connectivity index (χ3v) is 4.38.